The molecule has 1 aromatic carbocycles. The summed E-state index contributed by atoms with van der Waals surface area (Å²) >= 11 is 5.81. The molecule has 0 aliphatic rings. The van der Waals surface area contributed by atoms with Gasteiger partial charge in [-0.1, -0.05) is 12.1 Å². The van der Waals surface area contributed by atoms with Crippen LogP contribution >= 0.6 is 11.6 Å². The van der Waals surface area contributed by atoms with E-state index in [1.54, 1.807) is 0 Å². The zero-order valence-electron chi connectivity index (χ0n) is 8.34. The van der Waals surface area contributed by atoms with E-state index in [0.29, 0.717) is 5.56 Å². The Kier molecular flexibility index (Phi) is 4.21. The third-order valence-electron chi connectivity index (χ3n) is 1.83. The first-order chi connectivity index (χ1) is 7.56. The summed E-state index contributed by atoms with van der Waals surface area (Å²) in [5.41, 5.74) is 2.48. The van der Waals surface area contributed by atoms with E-state index in [1.807, 2.05) is 0 Å². The number of nitrogens with one attached hydrogen (secondary N) is 1. The number of nitro groups is 1. The second kappa shape index (κ2) is 5.43. The summed E-state index contributed by atoms with van der Waals surface area (Å²) in [6.45, 7) is 0. The van der Waals surface area contributed by atoms with Crippen molar-refractivity contribution in [2.45, 2.75) is 5.38 Å². The minimum atomic E-state index is -0.944. The van der Waals surface area contributed by atoms with E-state index in [-0.39, 0.29) is 5.69 Å². The Balaban J connectivity index is 2.81. The third-order valence-corrected chi connectivity index (χ3v) is 2.28. The average Bonchev–Trinajstić information content (AvgIpc) is 2.28. The van der Waals surface area contributed by atoms with Crippen LogP contribution in [0.2, 0.25) is 0 Å². The van der Waals surface area contributed by atoms with Crippen LogP contribution in [0.4, 0.5) is 5.69 Å². The highest BCUT2D eigenvalue weighted by Gasteiger charge is 2.18. The predicted octanol–water partition coefficient (Wildman–Crippen LogP) is 1.55. The van der Waals surface area contributed by atoms with Crippen LogP contribution in [-0.2, 0) is 9.63 Å². The molecule has 0 aromatic heterocycles. The Bertz CT molecular complexity index is 393. The van der Waals surface area contributed by atoms with Crippen LogP contribution in [0.3, 0.4) is 0 Å². The Morgan fingerprint density at radius 2 is 2.06 bits per heavy atom. The largest absolute Gasteiger partial charge is 0.277 e. The molecule has 1 rings (SSSR count). The number of halogens is 1. The summed E-state index contributed by atoms with van der Waals surface area (Å²) in [6.07, 6.45) is 0. The molecule has 0 bridgehead atoms. The van der Waals surface area contributed by atoms with Gasteiger partial charge >= 0.3 is 0 Å². The van der Waals surface area contributed by atoms with Crippen molar-refractivity contribution >= 4 is 23.2 Å². The molecule has 1 N–H and O–H groups in total. The molecule has 86 valence electrons. The summed E-state index contributed by atoms with van der Waals surface area (Å²) in [5.74, 6) is -0.530. The maximum atomic E-state index is 11.3. The molecule has 0 fully saturated rings. The highest BCUT2D eigenvalue weighted by molar-refractivity contribution is 6.30. The monoisotopic (exact) mass is 244 g/mol. The van der Waals surface area contributed by atoms with E-state index in [9.17, 15) is 14.9 Å². The van der Waals surface area contributed by atoms with Crippen LogP contribution in [0.5, 0.6) is 0 Å². The van der Waals surface area contributed by atoms with Gasteiger partial charge in [0, 0.05) is 12.1 Å². The highest BCUT2D eigenvalue weighted by atomic mass is 35.5. The van der Waals surface area contributed by atoms with Gasteiger partial charge in [-0.2, -0.15) is 0 Å². The number of hydrogen-bond donors (Lipinski definition) is 1. The first-order valence-corrected chi connectivity index (χ1v) is 4.71. The first-order valence-electron chi connectivity index (χ1n) is 4.27. The normalized spacial score (nSPS) is 11.9. The van der Waals surface area contributed by atoms with Crippen molar-refractivity contribution < 1.29 is 14.6 Å². The van der Waals surface area contributed by atoms with Gasteiger partial charge < -0.3 is 0 Å². The number of nitrogens with zero attached hydrogens (tertiary/aromatic N) is 1. The molecule has 1 atom stereocenters. The molecular weight excluding hydrogens is 236 g/mol. The quantitative estimate of drug-likeness (QED) is 0.495. The van der Waals surface area contributed by atoms with Gasteiger partial charge in [-0.25, -0.2) is 5.48 Å². The number of carbonyl (C=O) groups is 1. The zero-order valence-corrected chi connectivity index (χ0v) is 9.10. The van der Waals surface area contributed by atoms with Crippen molar-refractivity contribution in [2.75, 3.05) is 7.11 Å². The van der Waals surface area contributed by atoms with Crippen LogP contribution in [-0.4, -0.2) is 17.9 Å². The lowest BCUT2D eigenvalue weighted by Gasteiger charge is -2.08. The van der Waals surface area contributed by atoms with E-state index in [2.05, 4.69) is 10.3 Å². The molecule has 0 saturated heterocycles. The van der Waals surface area contributed by atoms with Crippen LogP contribution in [0, 0.1) is 10.1 Å². The maximum Gasteiger partial charge on any atom is 0.269 e. The molecule has 6 nitrogen and oxygen atoms in total. The molecule has 1 unspecified atom stereocenters. The van der Waals surface area contributed by atoms with Crippen LogP contribution < -0.4 is 5.48 Å². The standard InChI is InChI=1S/C9H9ClN2O4/c1-16-11-9(13)8(10)6-2-4-7(5-3-6)12(14)15/h2-5,8H,1H3,(H,11,13). The Hall–Kier alpha value is -1.66. The molecule has 0 aliphatic carbocycles. The SMILES string of the molecule is CONC(=O)C(Cl)c1ccc([N+](=O)[O-])cc1. The molecule has 1 amide bonds. The van der Waals surface area contributed by atoms with Gasteiger partial charge in [0.2, 0.25) is 0 Å². The van der Waals surface area contributed by atoms with Crippen molar-refractivity contribution in [3.8, 4) is 0 Å². The second-order valence-electron chi connectivity index (χ2n) is 2.88. The Morgan fingerprint density at radius 1 is 1.50 bits per heavy atom. The molecule has 0 radical (unpaired) electrons. The molecule has 1 aromatic rings. The van der Waals surface area contributed by atoms with Gasteiger partial charge in [0.15, 0.2) is 0 Å². The van der Waals surface area contributed by atoms with Crippen molar-refractivity contribution in [2.24, 2.45) is 0 Å². The van der Waals surface area contributed by atoms with Gasteiger partial charge in [-0.15, -0.1) is 11.6 Å². The molecular formula is C9H9ClN2O4. The van der Waals surface area contributed by atoms with E-state index < -0.39 is 16.2 Å². The fourth-order valence-electron chi connectivity index (χ4n) is 1.07. The van der Waals surface area contributed by atoms with Crippen LogP contribution in [0.1, 0.15) is 10.9 Å². The summed E-state index contributed by atoms with van der Waals surface area (Å²) in [5, 5.41) is 9.45. The molecule has 7 heteroatoms. The van der Waals surface area contributed by atoms with E-state index in [0.717, 1.165) is 0 Å². The molecule has 0 heterocycles. The maximum absolute atomic E-state index is 11.3. The highest BCUT2D eigenvalue weighted by Crippen LogP contribution is 2.22. The fourth-order valence-corrected chi connectivity index (χ4v) is 1.26. The lowest BCUT2D eigenvalue weighted by molar-refractivity contribution is -0.384. The summed E-state index contributed by atoms with van der Waals surface area (Å²) in [4.78, 5) is 25.5. The van der Waals surface area contributed by atoms with Gasteiger partial charge in [0.05, 0.1) is 12.0 Å². The Morgan fingerprint density at radius 3 is 2.50 bits per heavy atom. The minimum Gasteiger partial charge on any atom is -0.277 e. The number of non-ortho nitro benzene ring substituents is 1. The number of nitro benzene ring substituents is 1. The van der Waals surface area contributed by atoms with Gasteiger partial charge in [-0.3, -0.25) is 19.7 Å². The lowest BCUT2D eigenvalue weighted by Crippen LogP contribution is -2.25. The van der Waals surface area contributed by atoms with Crippen molar-refractivity contribution in [1.29, 1.82) is 0 Å². The van der Waals surface area contributed by atoms with Gasteiger partial charge in [0.25, 0.3) is 11.6 Å². The van der Waals surface area contributed by atoms with Crippen molar-refractivity contribution in [1.82, 2.24) is 5.48 Å². The predicted molar refractivity (Wildman–Crippen MR) is 56.8 cm³/mol. The number of hydrogen-bond acceptors (Lipinski definition) is 4. The number of carbonyl (C=O) groups excluding carboxylic acids is 1. The van der Waals surface area contributed by atoms with E-state index in [4.69, 9.17) is 11.6 Å². The average molecular weight is 245 g/mol. The van der Waals surface area contributed by atoms with Crippen molar-refractivity contribution in [3.63, 3.8) is 0 Å². The van der Waals surface area contributed by atoms with E-state index in [1.165, 1.54) is 31.4 Å². The van der Waals surface area contributed by atoms with Crippen LogP contribution in [0.15, 0.2) is 24.3 Å². The van der Waals surface area contributed by atoms with Crippen LogP contribution in [0.25, 0.3) is 0 Å². The number of benzene rings is 1. The molecule has 0 saturated carbocycles. The molecule has 16 heavy (non-hydrogen) atoms. The topological polar surface area (TPSA) is 81.5 Å². The zero-order chi connectivity index (χ0) is 12.1. The lowest BCUT2D eigenvalue weighted by atomic mass is 10.1. The van der Waals surface area contributed by atoms with Gasteiger partial charge in [-0.05, 0) is 5.56 Å². The number of alkyl halides is 1. The fraction of sp³-hybridized carbons (Fsp3) is 0.222. The molecule has 0 spiro atoms. The number of hydroxylamine groups is 1. The number of rotatable bonds is 4. The van der Waals surface area contributed by atoms with E-state index >= 15 is 0 Å². The summed E-state index contributed by atoms with van der Waals surface area (Å²) < 4.78 is 0. The second-order valence-corrected chi connectivity index (χ2v) is 3.32. The first kappa shape index (κ1) is 12.4. The number of amides is 1. The van der Waals surface area contributed by atoms with Gasteiger partial charge in [0.1, 0.15) is 5.38 Å². The smallest absolute Gasteiger partial charge is 0.269 e. The molecule has 0 aliphatic heterocycles. The minimum absolute atomic E-state index is 0.0558. The van der Waals surface area contributed by atoms with Crippen molar-refractivity contribution in [3.05, 3.63) is 39.9 Å². The summed E-state index contributed by atoms with van der Waals surface area (Å²) in [6, 6.07) is 5.41. The summed E-state index contributed by atoms with van der Waals surface area (Å²) in [7, 11) is 1.29. The Labute approximate surface area is 96.3 Å². The third kappa shape index (κ3) is 2.91.